The molecule has 0 heterocycles. The van der Waals surface area contributed by atoms with Crippen molar-refractivity contribution < 1.29 is 28.7 Å². The smallest absolute Gasteiger partial charge is 0.324 e. The van der Waals surface area contributed by atoms with Crippen LogP contribution in [-0.4, -0.2) is 36.7 Å². The number of fused-ring (bicyclic) bond motifs is 7. The summed E-state index contributed by atoms with van der Waals surface area (Å²) in [6.45, 7) is 7.90. The van der Waals surface area contributed by atoms with Crippen molar-refractivity contribution in [2.75, 3.05) is 13.2 Å². The number of allylic oxidation sites excluding steroid dienone is 4. The lowest BCUT2D eigenvalue weighted by molar-refractivity contribution is -0.167. The molecule has 7 unspecified atom stereocenters. The van der Waals surface area contributed by atoms with Gasteiger partial charge in [0, 0.05) is 23.2 Å². The molecule has 3 fully saturated rings. The molecule has 5 aliphatic carbocycles. The maximum Gasteiger partial charge on any atom is 0.324 e. The Hall–Kier alpha value is -2.24. The lowest BCUT2D eigenvalue weighted by Crippen LogP contribution is -2.50. The van der Waals surface area contributed by atoms with Gasteiger partial charge in [0.2, 0.25) is 0 Å². The molecular weight excluding hydrogens is 408 g/mol. The topological polar surface area (TPSA) is 86.7 Å². The number of ketones is 2. The highest BCUT2D eigenvalue weighted by Crippen LogP contribution is 2.76. The molecule has 0 aliphatic heterocycles. The summed E-state index contributed by atoms with van der Waals surface area (Å²) in [5.74, 6) is -1.70. The van der Waals surface area contributed by atoms with E-state index < -0.39 is 34.6 Å². The van der Waals surface area contributed by atoms with E-state index in [1.54, 1.807) is 19.9 Å². The van der Waals surface area contributed by atoms with Crippen LogP contribution in [0.25, 0.3) is 0 Å². The van der Waals surface area contributed by atoms with Gasteiger partial charge in [0.1, 0.15) is 5.78 Å². The Morgan fingerprint density at radius 3 is 2.31 bits per heavy atom. The molecule has 5 rings (SSSR count). The number of carbonyl (C=O) groups excluding carboxylic acids is 4. The molecule has 6 heteroatoms. The number of carbonyl (C=O) groups is 4. The first-order valence-corrected chi connectivity index (χ1v) is 12.0. The summed E-state index contributed by atoms with van der Waals surface area (Å²) in [5.41, 5.74) is -1.49. The minimum Gasteiger partial charge on any atom is -0.465 e. The lowest BCUT2D eigenvalue weighted by atomic mass is 9.48. The molecule has 0 spiro atoms. The van der Waals surface area contributed by atoms with Gasteiger partial charge < -0.3 is 9.47 Å². The number of rotatable bonds is 4. The minimum atomic E-state index is -1.57. The summed E-state index contributed by atoms with van der Waals surface area (Å²) in [5, 5.41) is 0. The van der Waals surface area contributed by atoms with Gasteiger partial charge >= 0.3 is 11.9 Å². The number of hydrogen-bond acceptors (Lipinski definition) is 6. The number of hydrogen-bond donors (Lipinski definition) is 0. The summed E-state index contributed by atoms with van der Waals surface area (Å²) < 4.78 is 10.7. The molecule has 0 N–H and O–H groups in total. The van der Waals surface area contributed by atoms with Crippen LogP contribution in [-0.2, 0) is 28.7 Å². The molecule has 5 aliphatic rings. The summed E-state index contributed by atoms with van der Waals surface area (Å²) in [6, 6.07) is 0. The van der Waals surface area contributed by atoms with E-state index in [4.69, 9.17) is 9.47 Å². The fourth-order valence-corrected chi connectivity index (χ4v) is 8.09. The third-order valence-electron chi connectivity index (χ3n) is 9.61. The Morgan fingerprint density at radius 2 is 1.69 bits per heavy atom. The molecule has 0 aromatic rings. The second-order valence-corrected chi connectivity index (χ2v) is 10.6. The van der Waals surface area contributed by atoms with Gasteiger partial charge in [0.25, 0.3) is 0 Å². The van der Waals surface area contributed by atoms with Crippen molar-refractivity contribution in [2.45, 2.75) is 53.4 Å². The van der Waals surface area contributed by atoms with Crippen molar-refractivity contribution in [2.24, 2.45) is 45.8 Å². The van der Waals surface area contributed by atoms with Crippen LogP contribution in [0.3, 0.4) is 0 Å². The first-order valence-electron chi connectivity index (χ1n) is 12.0. The number of esters is 2. The van der Waals surface area contributed by atoms with E-state index in [1.165, 1.54) is 0 Å². The average Bonchev–Trinajstić information content (AvgIpc) is 3.39. The molecule has 6 nitrogen and oxygen atoms in total. The zero-order valence-electron chi connectivity index (χ0n) is 19.3. The van der Waals surface area contributed by atoms with Crippen LogP contribution in [0.1, 0.15) is 53.4 Å². The maximum absolute atomic E-state index is 13.2. The normalized spacial score (nSPS) is 42.8. The molecular formula is C26H32O6. The van der Waals surface area contributed by atoms with Gasteiger partial charge in [-0.2, -0.15) is 0 Å². The molecule has 0 aromatic carbocycles. The first-order chi connectivity index (χ1) is 15.2. The zero-order chi connectivity index (χ0) is 23.1. The van der Waals surface area contributed by atoms with Gasteiger partial charge in [-0.25, -0.2) is 0 Å². The van der Waals surface area contributed by atoms with Crippen LogP contribution in [0, 0.1) is 45.8 Å². The predicted octanol–water partition coefficient (Wildman–Crippen LogP) is 3.44. The standard InChI is InChI=1S/C26H32O6/c1-5-31-22(29)26(23(30)32-6-2)20-18(27)13-14-7-8-15-16-9-10-19(28)24(16,3)12-11-17(15)25(14,4)21(20)26/h7-8,13,15-17,20-21H,5-6,9-12H2,1-4H3. The maximum atomic E-state index is 13.2. The number of ether oxygens (including phenoxy) is 2. The Balaban J connectivity index is 1.61. The summed E-state index contributed by atoms with van der Waals surface area (Å²) in [4.78, 5) is 52.3. The Morgan fingerprint density at radius 1 is 1.03 bits per heavy atom. The summed E-state index contributed by atoms with van der Waals surface area (Å²) >= 11 is 0. The van der Waals surface area contributed by atoms with Gasteiger partial charge in [-0.3, -0.25) is 19.2 Å². The zero-order valence-corrected chi connectivity index (χ0v) is 19.3. The van der Waals surface area contributed by atoms with Crippen LogP contribution in [0.15, 0.2) is 23.8 Å². The highest BCUT2D eigenvalue weighted by molar-refractivity contribution is 6.14. The highest BCUT2D eigenvalue weighted by Gasteiger charge is 2.85. The van der Waals surface area contributed by atoms with E-state index >= 15 is 0 Å². The monoisotopic (exact) mass is 440 g/mol. The molecule has 0 radical (unpaired) electrons. The van der Waals surface area contributed by atoms with Crippen molar-refractivity contribution >= 4 is 23.5 Å². The van der Waals surface area contributed by atoms with Crippen molar-refractivity contribution in [3.05, 3.63) is 23.8 Å². The van der Waals surface area contributed by atoms with Gasteiger partial charge in [0.05, 0.1) is 19.1 Å². The fourth-order valence-electron chi connectivity index (χ4n) is 8.09. The van der Waals surface area contributed by atoms with E-state index in [0.29, 0.717) is 12.2 Å². The predicted molar refractivity (Wildman–Crippen MR) is 115 cm³/mol. The van der Waals surface area contributed by atoms with Crippen molar-refractivity contribution in [1.82, 2.24) is 0 Å². The second-order valence-electron chi connectivity index (χ2n) is 10.6. The highest BCUT2D eigenvalue weighted by atomic mass is 16.6. The minimum absolute atomic E-state index is 0.138. The quantitative estimate of drug-likeness (QED) is 0.492. The van der Waals surface area contributed by atoms with Gasteiger partial charge in [-0.05, 0) is 62.5 Å². The van der Waals surface area contributed by atoms with Crippen LogP contribution in [0.2, 0.25) is 0 Å². The lowest BCUT2D eigenvalue weighted by Gasteiger charge is -2.54. The van der Waals surface area contributed by atoms with Gasteiger partial charge in [-0.15, -0.1) is 0 Å². The average molecular weight is 441 g/mol. The van der Waals surface area contributed by atoms with E-state index in [-0.39, 0.29) is 42.2 Å². The molecule has 172 valence electrons. The second kappa shape index (κ2) is 6.88. The molecule has 0 saturated heterocycles. The molecule has 3 saturated carbocycles. The Kier molecular flexibility index (Phi) is 4.64. The molecule has 0 bridgehead atoms. The van der Waals surface area contributed by atoms with Crippen LogP contribution in [0.5, 0.6) is 0 Å². The van der Waals surface area contributed by atoms with Crippen LogP contribution >= 0.6 is 0 Å². The first kappa shape index (κ1) is 21.6. The van der Waals surface area contributed by atoms with Crippen molar-refractivity contribution in [3.63, 3.8) is 0 Å². The Labute approximate surface area is 188 Å². The SMILES string of the molecule is CCOC(=O)C1(C(=O)OCC)C2C(=O)C=C3C=CC4C5CCC(=O)C5(C)CCC4C3(C)C21. The third kappa shape index (κ3) is 2.36. The molecule has 32 heavy (non-hydrogen) atoms. The fraction of sp³-hybridized carbons (Fsp3) is 0.692. The molecule has 7 atom stereocenters. The number of Topliss-reactive ketones (excluding diaryl/α,β-unsaturated/α-hetero) is 1. The Bertz CT molecular complexity index is 957. The van der Waals surface area contributed by atoms with Gasteiger partial charge in [0.15, 0.2) is 11.2 Å². The van der Waals surface area contributed by atoms with Crippen molar-refractivity contribution in [3.8, 4) is 0 Å². The van der Waals surface area contributed by atoms with Crippen LogP contribution < -0.4 is 0 Å². The summed E-state index contributed by atoms with van der Waals surface area (Å²) in [7, 11) is 0. The van der Waals surface area contributed by atoms with Gasteiger partial charge in [-0.1, -0.05) is 26.0 Å². The van der Waals surface area contributed by atoms with Crippen LogP contribution in [0.4, 0.5) is 0 Å². The molecule has 0 aromatic heterocycles. The third-order valence-corrected chi connectivity index (χ3v) is 9.61. The van der Waals surface area contributed by atoms with E-state index in [9.17, 15) is 19.2 Å². The summed E-state index contributed by atoms with van der Waals surface area (Å²) in [6.07, 6.45) is 8.99. The molecule has 0 amide bonds. The van der Waals surface area contributed by atoms with Crippen molar-refractivity contribution in [1.29, 1.82) is 0 Å². The largest absolute Gasteiger partial charge is 0.465 e. The van der Waals surface area contributed by atoms with E-state index in [2.05, 4.69) is 19.9 Å². The van der Waals surface area contributed by atoms with E-state index in [1.807, 2.05) is 6.08 Å². The van der Waals surface area contributed by atoms with E-state index in [0.717, 1.165) is 24.8 Å².